The van der Waals surface area contributed by atoms with E-state index >= 15 is 0 Å². The molecule has 4 heteroatoms. The van der Waals surface area contributed by atoms with Gasteiger partial charge in [0.2, 0.25) is 0 Å². The lowest BCUT2D eigenvalue weighted by Crippen LogP contribution is -1.97. The lowest BCUT2D eigenvalue weighted by molar-refractivity contribution is 0.112. The number of phenols is 1. The molecule has 0 atom stereocenters. The number of aldehydes is 1. The first-order valence-electron chi connectivity index (χ1n) is 7.12. The highest BCUT2D eigenvalue weighted by atomic mass is 19.1. The minimum atomic E-state index is -0.362. The van der Waals surface area contributed by atoms with Crippen LogP contribution in [0.4, 0.5) is 4.39 Å². The second kappa shape index (κ2) is 5.72. The Balaban J connectivity index is 2.52. The highest BCUT2D eigenvalue weighted by Gasteiger charge is 2.20. The van der Waals surface area contributed by atoms with Crippen molar-refractivity contribution in [2.45, 2.75) is 6.92 Å². The van der Waals surface area contributed by atoms with Crippen molar-refractivity contribution < 1.29 is 19.0 Å². The van der Waals surface area contributed by atoms with Gasteiger partial charge in [0.1, 0.15) is 17.3 Å². The van der Waals surface area contributed by atoms with Crippen LogP contribution < -0.4 is 4.74 Å². The number of halogens is 1. The van der Waals surface area contributed by atoms with Crippen molar-refractivity contribution in [2.75, 3.05) is 7.11 Å². The molecule has 0 saturated heterocycles. The molecule has 0 saturated carbocycles. The predicted octanol–water partition coefficient (Wildman–Crippen LogP) is 4.48. The van der Waals surface area contributed by atoms with Gasteiger partial charge in [-0.25, -0.2) is 4.39 Å². The Hall–Kier alpha value is -2.88. The summed E-state index contributed by atoms with van der Waals surface area (Å²) in [5.41, 5.74) is 1.72. The van der Waals surface area contributed by atoms with Gasteiger partial charge in [0.25, 0.3) is 0 Å². The number of benzene rings is 3. The van der Waals surface area contributed by atoms with Crippen LogP contribution in [0, 0.1) is 12.7 Å². The molecule has 0 aliphatic carbocycles. The Bertz CT molecular complexity index is 916. The van der Waals surface area contributed by atoms with Gasteiger partial charge in [0.05, 0.1) is 12.7 Å². The number of fused-ring (bicyclic) bond motifs is 1. The maximum absolute atomic E-state index is 14.2. The van der Waals surface area contributed by atoms with Crippen molar-refractivity contribution in [1.82, 2.24) is 0 Å². The zero-order valence-electron chi connectivity index (χ0n) is 12.8. The van der Waals surface area contributed by atoms with E-state index in [-0.39, 0.29) is 17.1 Å². The molecule has 116 valence electrons. The third-order valence-corrected chi connectivity index (χ3v) is 4.03. The summed E-state index contributed by atoms with van der Waals surface area (Å²) in [4.78, 5) is 11.3. The molecule has 0 bridgehead atoms. The molecule has 0 fully saturated rings. The van der Waals surface area contributed by atoms with Gasteiger partial charge in [-0.05, 0) is 18.6 Å². The quantitative estimate of drug-likeness (QED) is 0.725. The summed E-state index contributed by atoms with van der Waals surface area (Å²) in [5.74, 6) is -0.0242. The number of rotatable bonds is 3. The molecule has 0 radical (unpaired) electrons. The number of carbonyl (C=O) groups excluding carboxylic acids is 1. The average Bonchev–Trinajstić information content (AvgIpc) is 2.56. The van der Waals surface area contributed by atoms with Crippen LogP contribution in [-0.4, -0.2) is 18.5 Å². The highest BCUT2D eigenvalue weighted by Crippen LogP contribution is 2.44. The van der Waals surface area contributed by atoms with Crippen LogP contribution in [-0.2, 0) is 0 Å². The van der Waals surface area contributed by atoms with Crippen molar-refractivity contribution in [3.8, 4) is 22.6 Å². The van der Waals surface area contributed by atoms with Crippen LogP contribution in [0.2, 0.25) is 0 Å². The molecule has 3 nitrogen and oxygen atoms in total. The Morgan fingerprint density at radius 3 is 2.43 bits per heavy atom. The second-order valence-corrected chi connectivity index (χ2v) is 5.25. The third kappa shape index (κ3) is 2.23. The number of ether oxygens (including phenoxy) is 1. The molecular formula is C19H15FO3. The second-order valence-electron chi connectivity index (χ2n) is 5.25. The summed E-state index contributed by atoms with van der Waals surface area (Å²) in [6, 6.07) is 11.6. The first-order chi connectivity index (χ1) is 11.1. The van der Waals surface area contributed by atoms with Crippen LogP contribution in [0.1, 0.15) is 15.9 Å². The maximum Gasteiger partial charge on any atom is 0.154 e. The molecule has 23 heavy (non-hydrogen) atoms. The van der Waals surface area contributed by atoms with E-state index in [9.17, 15) is 14.3 Å². The number of aromatic hydroxyl groups is 1. The molecule has 3 aromatic carbocycles. The topological polar surface area (TPSA) is 46.5 Å². The Labute approximate surface area is 132 Å². The maximum atomic E-state index is 14.2. The minimum Gasteiger partial charge on any atom is -0.507 e. The van der Waals surface area contributed by atoms with Gasteiger partial charge in [-0.1, -0.05) is 36.4 Å². The van der Waals surface area contributed by atoms with E-state index in [0.29, 0.717) is 39.5 Å². The SMILES string of the molecule is COc1c(C)c(C=O)c(O)c2cccc(-c3ccccc3F)c12. The van der Waals surface area contributed by atoms with Gasteiger partial charge in [-0.15, -0.1) is 0 Å². The molecule has 3 rings (SSSR count). The van der Waals surface area contributed by atoms with Crippen LogP contribution in [0.3, 0.4) is 0 Å². The molecule has 3 aromatic rings. The number of hydrogen-bond acceptors (Lipinski definition) is 3. The lowest BCUT2D eigenvalue weighted by atomic mass is 9.92. The van der Waals surface area contributed by atoms with Gasteiger partial charge in [0, 0.05) is 21.9 Å². The van der Waals surface area contributed by atoms with Gasteiger partial charge in [0.15, 0.2) is 6.29 Å². The first-order valence-corrected chi connectivity index (χ1v) is 7.12. The van der Waals surface area contributed by atoms with Gasteiger partial charge >= 0.3 is 0 Å². The number of methoxy groups -OCH3 is 1. The Morgan fingerprint density at radius 1 is 1.09 bits per heavy atom. The van der Waals surface area contributed by atoms with Crippen molar-refractivity contribution in [2.24, 2.45) is 0 Å². The summed E-state index contributed by atoms with van der Waals surface area (Å²) >= 11 is 0. The predicted molar refractivity (Wildman–Crippen MR) is 87.7 cm³/mol. The molecule has 0 heterocycles. The van der Waals surface area contributed by atoms with Crippen molar-refractivity contribution in [1.29, 1.82) is 0 Å². The van der Waals surface area contributed by atoms with Crippen LogP contribution >= 0.6 is 0 Å². The van der Waals surface area contributed by atoms with E-state index in [1.807, 2.05) is 0 Å². The molecule has 0 unspecified atom stereocenters. The molecule has 0 aliphatic rings. The van der Waals surface area contributed by atoms with E-state index in [2.05, 4.69) is 0 Å². The lowest BCUT2D eigenvalue weighted by Gasteiger charge is -2.17. The molecule has 0 spiro atoms. The Morgan fingerprint density at radius 2 is 1.78 bits per heavy atom. The van der Waals surface area contributed by atoms with Crippen LogP contribution in [0.5, 0.6) is 11.5 Å². The summed E-state index contributed by atoms with van der Waals surface area (Å²) in [6.45, 7) is 1.69. The summed E-state index contributed by atoms with van der Waals surface area (Å²) < 4.78 is 19.7. The van der Waals surface area contributed by atoms with Crippen LogP contribution in [0.25, 0.3) is 21.9 Å². The van der Waals surface area contributed by atoms with Gasteiger partial charge < -0.3 is 9.84 Å². The van der Waals surface area contributed by atoms with Crippen molar-refractivity contribution in [3.63, 3.8) is 0 Å². The molecule has 0 aromatic heterocycles. The molecular weight excluding hydrogens is 295 g/mol. The summed E-state index contributed by atoms with van der Waals surface area (Å²) in [6.07, 6.45) is 0.600. The van der Waals surface area contributed by atoms with E-state index in [1.165, 1.54) is 13.2 Å². The molecule has 1 N–H and O–H groups in total. The van der Waals surface area contributed by atoms with E-state index in [4.69, 9.17) is 4.74 Å². The summed E-state index contributed by atoms with van der Waals surface area (Å²) in [5, 5.41) is 11.4. The van der Waals surface area contributed by atoms with Crippen molar-refractivity contribution >= 4 is 17.1 Å². The van der Waals surface area contributed by atoms with E-state index in [0.717, 1.165) is 0 Å². The average molecular weight is 310 g/mol. The van der Waals surface area contributed by atoms with Gasteiger partial charge in [-0.2, -0.15) is 0 Å². The van der Waals surface area contributed by atoms with Gasteiger partial charge in [-0.3, -0.25) is 4.79 Å². The first kappa shape index (κ1) is 15.0. The van der Waals surface area contributed by atoms with E-state index < -0.39 is 0 Å². The standard InChI is InChI=1S/C19H15FO3/c1-11-15(10-21)18(22)14-8-5-7-13(17(14)19(11)23-2)12-6-3-4-9-16(12)20/h3-10,22H,1-2H3. The third-order valence-electron chi connectivity index (χ3n) is 4.03. The fourth-order valence-corrected chi connectivity index (χ4v) is 2.93. The zero-order valence-corrected chi connectivity index (χ0v) is 12.8. The highest BCUT2D eigenvalue weighted by molar-refractivity contribution is 6.08. The monoisotopic (exact) mass is 310 g/mol. The van der Waals surface area contributed by atoms with Crippen LogP contribution in [0.15, 0.2) is 42.5 Å². The fraction of sp³-hybridized carbons (Fsp3) is 0.105. The fourth-order valence-electron chi connectivity index (χ4n) is 2.93. The van der Waals surface area contributed by atoms with Crippen molar-refractivity contribution in [3.05, 3.63) is 59.4 Å². The normalized spacial score (nSPS) is 10.7. The Kier molecular flexibility index (Phi) is 3.74. The van der Waals surface area contributed by atoms with E-state index in [1.54, 1.807) is 43.3 Å². The number of phenolic OH excluding ortho intramolecular Hbond substituents is 1. The number of carbonyl (C=O) groups is 1. The molecule has 0 aliphatic heterocycles. The smallest absolute Gasteiger partial charge is 0.154 e. The largest absolute Gasteiger partial charge is 0.507 e. The minimum absolute atomic E-state index is 0.119. The molecule has 0 amide bonds. The number of hydrogen-bond donors (Lipinski definition) is 1. The summed E-state index contributed by atoms with van der Waals surface area (Å²) in [7, 11) is 1.49. The zero-order chi connectivity index (χ0) is 16.6.